The van der Waals surface area contributed by atoms with Crippen LogP contribution in [0.1, 0.15) is 23.6 Å². The van der Waals surface area contributed by atoms with Crippen molar-refractivity contribution < 1.29 is 9.50 Å². The van der Waals surface area contributed by atoms with Gasteiger partial charge in [-0.1, -0.05) is 43.3 Å². The van der Waals surface area contributed by atoms with Crippen LogP contribution in [0.25, 0.3) is 0 Å². The van der Waals surface area contributed by atoms with Gasteiger partial charge in [-0.15, -0.1) is 0 Å². The lowest BCUT2D eigenvalue weighted by Crippen LogP contribution is -2.13. The molecule has 0 bridgehead atoms. The predicted molar refractivity (Wildman–Crippen MR) is 80.2 cm³/mol. The second-order valence-electron chi connectivity index (χ2n) is 5.26. The molecule has 0 aliphatic heterocycles. The topological polar surface area (TPSA) is 20.2 Å². The highest BCUT2D eigenvalue weighted by Crippen LogP contribution is 2.16. The maximum absolute atomic E-state index is 13.2. The zero-order valence-electron chi connectivity index (χ0n) is 11.8. The van der Waals surface area contributed by atoms with Crippen molar-refractivity contribution in [3.63, 3.8) is 0 Å². The van der Waals surface area contributed by atoms with E-state index in [4.69, 9.17) is 0 Å². The Labute approximate surface area is 120 Å². The molecule has 0 amide bonds. The third-order valence-electron chi connectivity index (χ3n) is 3.63. The number of hydrogen-bond acceptors (Lipinski definition) is 1. The van der Waals surface area contributed by atoms with Gasteiger partial charge < -0.3 is 5.11 Å². The number of aliphatic hydroxyl groups is 1. The van der Waals surface area contributed by atoms with Gasteiger partial charge in [0.25, 0.3) is 0 Å². The van der Waals surface area contributed by atoms with E-state index < -0.39 is 0 Å². The molecule has 2 rings (SSSR count). The second-order valence-corrected chi connectivity index (χ2v) is 5.26. The Kier molecular flexibility index (Phi) is 5.31. The minimum Gasteiger partial charge on any atom is -0.396 e. The Balaban J connectivity index is 2.01. The molecular formula is C18H21FO. The van der Waals surface area contributed by atoms with Gasteiger partial charge in [0.2, 0.25) is 0 Å². The highest BCUT2D eigenvalue weighted by atomic mass is 19.1. The van der Waals surface area contributed by atoms with Gasteiger partial charge in [-0.25, -0.2) is 4.39 Å². The van der Waals surface area contributed by atoms with Crippen LogP contribution >= 0.6 is 0 Å². The fraction of sp³-hybridized carbons (Fsp3) is 0.333. The zero-order valence-corrected chi connectivity index (χ0v) is 11.8. The molecule has 0 aliphatic rings. The van der Waals surface area contributed by atoms with Crippen LogP contribution in [-0.2, 0) is 19.3 Å². The van der Waals surface area contributed by atoms with E-state index >= 15 is 0 Å². The molecule has 1 nitrogen and oxygen atoms in total. The lowest BCUT2D eigenvalue weighted by atomic mass is 9.93. The molecule has 2 aromatic rings. The first kappa shape index (κ1) is 14.7. The number of rotatable bonds is 6. The standard InChI is InChI=1S/C18H21FO/c1-2-14-6-8-15(9-7-14)10-17(13-20)11-16-4-3-5-18(19)12-16/h3-9,12,17,20H,2,10-11,13H2,1H3. The van der Waals surface area contributed by atoms with Crippen LogP contribution in [0.5, 0.6) is 0 Å². The van der Waals surface area contributed by atoms with Crippen LogP contribution in [0.3, 0.4) is 0 Å². The summed E-state index contributed by atoms with van der Waals surface area (Å²) in [4.78, 5) is 0. The summed E-state index contributed by atoms with van der Waals surface area (Å²) in [6, 6.07) is 15.1. The molecule has 0 heterocycles. The van der Waals surface area contributed by atoms with Crippen molar-refractivity contribution in [3.8, 4) is 0 Å². The van der Waals surface area contributed by atoms with Crippen LogP contribution in [0, 0.1) is 11.7 Å². The summed E-state index contributed by atoms with van der Waals surface area (Å²) in [5, 5.41) is 9.52. The SMILES string of the molecule is CCc1ccc(CC(CO)Cc2cccc(F)c2)cc1. The fourth-order valence-electron chi connectivity index (χ4n) is 2.44. The summed E-state index contributed by atoms with van der Waals surface area (Å²) in [5.41, 5.74) is 3.48. The Morgan fingerprint density at radius 3 is 2.20 bits per heavy atom. The molecule has 0 spiro atoms. The highest BCUT2D eigenvalue weighted by Gasteiger charge is 2.10. The van der Waals surface area contributed by atoms with E-state index in [1.165, 1.54) is 17.2 Å². The maximum atomic E-state index is 13.2. The summed E-state index contributed by atoms with van der Waals surface area (Å²) >= 11 is 0. The summed E-state index contributed by atoms with van der Waals surface area (Å²) in [6.45, 7) is 2.25. The first-order valence-electron chi connectivity index (χ1n) is 7.14. The number of aliphatic hydroxyl groups excluding tert-OH is 1. The van der Waals surface area contributed by atoms with Crippen molar-refractivity contribution in [1.82, 2.24) is 0 Å². The number of benzene rings is 2. The largest absolute Gasteiger partial charge is 0.396 e. The minimum absolute atomic E-state index is 0.117. The van der Waals surface area contributed by atoms with E-state index in [1.807, 2.05) is 6.07 Å². The molecule has 1 unspecified atom stereocenters. The summed E-state index contributed by atoms with van der Waals surface area (Å²) in [6.07, 6.45) is 2.55. The third-order valence-corrected chi connectivity index (χ3v) is 3.63. The molecule has 106 valence electrons. The molecule has 1 atom stereocenters. The van der Waals surface area contributed by atoms with Gasteiger partial charge in [-0.05, 0) is 54.0 Å². The molecule has 0 fully saturated rings. The van der Waals surface area contributed by atoms with Gasteiger partial charge in [0.1, 0.15) is 5.82 Å². The van der Waals surface area contributed by atoms with E-state index in [-0.39, 0.29) is 18.3 Å². The van der Waals surface area contributed by atoms with Crippen molar-refractivity contribution in [2.24, 2.45) is 5.92 Å². The lowest BCUT2D eigenvalue weighted by molar-refractivity contribution is 0.225. The summed E-state index contributed by atoms with van der Waals surface area (Å²) < 4.78 is 13.2. The third kappa shape index (κ3) is 4.17. The van der Waals surface area contributed by atoms with Crippen molar-refractivity contribution in [2.75, 3.05) is 6.61 Å². The van der Waals surface area contributed by atoms with Crippen LogP contribution in [0.4, 0.5) is 4.39 Å². The van der Waals surface area contributed by atoms with Crippen molar-refractivity contribution in [1.29, 1.82) is 0 Å². The summed E-state index contributed by atoms with van der Waals surface area (Å²) in [5.74, 6) is -0.0873. The number of hydrogen-bond donors (Lipinski definition) is 1. The van der Waals surface area contributed by atoms with Gasteiger partial charge in [0.15, 0.2) is 0 Å². The van der Waals surface area contributed by atoms with E-state index in [1.54, 1.807) is 12.1 Å². The van der Waals surface area contributed by atoms with E-state index in [2.05, 4.69) is 31.2 Å². The smallest absolute Gasteiger partial charge is 0.123 e. The van der Waals surface area contributed by atoms with E-state index in [9.17, 15) is 9.50 Å². The van der Waals surface area contributed by atoms with Crippen molar-refractivity contribution in [3.05, 3.63) is 71.0 Å². The normalized spacial score (nSPS) is 12.3. The molecule has 0 saturated carbocycles. The van der Waals surface area contributed by atoms with E-state index in [0.717, 1.165) is 18.4 Å². The van der Waals surface area contributed by atoms with Gasteiger partial charge >= 0.3 is 0 Å². The number of aryl methyl sites for hydroxylation is 1. The molecule has 0 aromatic heterocycles. The molecule has 2 aromatic carbocycles. The first-order chi connectivity index (χ1) is 9.71. The predicted octanol–water partition coefficient (Wildman–Crippen LogP) is 3.78. The Morgan fingerprint density at radius 2 is 1.60 bits per heavy atom. The molecular weight excluding hydrogens is 251 g/mol. The Hall–Kier alpha value is -1.67. The van der Waals surface area contributed by atoms with Crippen LogP contribution in [-0.4, -0.2) is 11.7 Å². The van der Waals surface area contributed by atoms with Crippen LogP contribution < -0.4 is 0 Å². The molecule has 0 radical (unpaired) electrons. The summed E-state index contributed by atoms with van der Waals surface area (Å²) in [7, 11) is 0. The average molecular weight is 272 g/mol. The van der Waals surface area contributed by atoms with Crippen molar-refractivity contribution in [2.45, 2.75) is 26.2 Å². The monoisotopic (exact) mass is 272 g/mol. The van der Waals surface area contributed by atoms with Gasteiger partial charge in [0.05, 0.1) is 0 Å². The fourth-order valence-corrected chi connectivity index (χ4v) is 2.44. The molecule has 0 aliphatic carbocycles. The average Bonchev–Trinajstić information content (AvgIpc) is 2.47. The highest BCUT2D eigenvalue weighted by molar-refractivity contribution is 5.23. The molecule has 20 heavy (non-hydrogen) atoms. The maximum Gasteiger partial charge on any atom is 0.123 e. The Bertz CT molecular complexity index is 533. The zero-order chi connectivity index (χ0) is 14.4. The second kappa shape index (κ2) is 7.20. The van der Waals surface area contributed by atoms with Gasteiger partial charge in [-0.2, -0.15) is 0 Å². The van der Waals surface area contributed by atoms with Gasteiger partial charge in [-0.3, -0.25) is 0 Å². The molecule has 2 heteroatoms. The quantitative estimate of drug-likeness (QED) is 0.848. The molecule has 0 saturated heterocycles. The molecule has 1 N–H and O–H groups in total. The Morgan fingerprint density at radius 1 is 0.950 bits per heavy atom. The number of halogens is 1. The van der Waals surface area contributed by atoms with Crippen molar-refractivity contribution >= 4 is 0 Å². The van der Waals surface area contributed by atoms with Crippen LogP contribution in [0.2, 0.25) is 0 Å². The van der Waals surface area contributed by atoms with Gasteiger partial charge in [0, 0.05) is 6.61 Å². The first-order valence-corrected chi connectivity index (χ1v) is 7.14. The van der Waals surface area contributed by atoms with E-state index in [0.29, 0.717) is 6.42 Å². The lowest BCUT2D eigenvalue weighted by Gasteiger charge is -2.14. The minimum atomic E-state index is -0.216. The van der Waals surface area contributed by atoms with Crippen LogP contribution in [0.15, 0.2) is 48.5 Å².